The van der Waals surface area contributed by atoms with Gasteiger partial charge in [-0.15, -0.1) is 24.9 Å². The Morgan fingerprint density at radius 2 is 1.58 bits per heavy atom. The van der Waals surface area contributed by atoms with Crippen LogP contribution >= 0.6 is 11.8 Å². The first-order chi connectivity index (χ1) is 25.3. The van der Waals surface area contributed by atoms with Crippen molar-refractivity contribution in [1.29, 1.82) is 0 Å². The minimum absolute atomic E-state index is 0.135. The van der Waals surface area contributed by atoms with Crippen LogP contribution in [0.25, 0.3) is 10.8 Å². The van der Waals surface area contributed by atoms with Crippen molar-refractivity contribution in [2.75, 3.05) is 36.1 Å². The Bertz CT molecular complexity index is 1970. The molecule has 1 N–H and O–H groups in total. The summed E-state index contributed by atoms with van der Waals surface area (Å²) in [7, 11) is 0. The standard InChI is InChI=1S/C43H45N3O5S/c1-4-24-44(32-18-20-35(21-19-32)51-6-3)40(48)37-36-22-23-43(52-36)38(37)41(49)46(34(28-47)26-29-12-8-7-9-13-29)39(43)42(50)45(25-5-2)33-17-16-30-14-10-11-15-31(30)27-33/h4-5,7-21,27,34,36-39,47H,1-2,6,22-26,28H2,3H3/t34-,36+,37-,38+,39?,43?/m1/s1. The number of thioether (sulfide) groups is 1. The first-order valence-electron chi connectivity index (χ1n) is 18.1. The zero-order valence-electron chi connectivity index (χ0n) is 29.5. The minimum atomic E-state index is -0.900. The van der Waals surface area contributed by atoms with E-state index in [4.69, 9.17) is 4.74 Å². The van der Waals surface area contributed by atoms with Crippen LogP contribution in [0.4, 0.5) is 11.4 Å². The van der Waals surface area contributed by atoms with Crippen molar-refractivity contribution >= 4 is 51.6 Å². The normalized spacial score (nSPS) is 23.7. The van der Waals surface area contributed by atoms with Gasteiger partial charge < -0.3 is 24.5 Å². The van der Waals surface area contributed by atoms with Crippen LogP contribution in [-0.2, 0) is 20.8 Å². The number of aliphatic hydroxyl groups is 1. The van der Waals surface area contributed by atoms with Gasteiger partial charge in [-0.05, 0) is 78.9 Å². The highest BCUT2D eigenvalue weighted by molar-refractivity contribution is 8.02. The molecular weight excluding hydrogens is 671 g/mol. The monoisotopic (exact) mass is 715 g/mol. The van der Waals surface area contributed by atoms with Gasteiger partial charge in [0.15, 0.2) is 0 Å². The number of rotatable bonds is 14. The van der Waals surface area contributed by atoms with Crippen LogP contribution in [-0.4, -0.2) is 76.1 Å². The quantitative estimate of drug-likeness (QED) is 0.147. The predicted molar refractivity (Wildman–Crippen MR) is 209 cm³/mol. The molecule has 1 spiro atoms. The largest absolute Gasteiger partial charge is 0.494 e. The first kappa shape index (κ1) is 35.5. The van der Waals surface area contributed by atoms with Gasteiger partial charge in [0.2, 0.25) is 11.8 Å². The van der Waals surface area contributed by atoms with Crippen molar-refractivity contribution in [2.24, 2.45) is 11.8 Å². The maximum atomic E-state index is 15.3. The molecule has 2 bridgehead atoms. The summed E-state index contributed by atoms with van der Waals surface area (Å²) < 4.78 is 4.79. The molecule has 268 valence electrons. The van der Waals surface area contributed by atoms with Crippen molar-refractivity contribution in [2.45, 2.75) is 48.3 Å². The van der Waals surface area contributed by atoms with Crippen molar-refractivity contribution in [3.63, 3.8) is 0 Å². The van der Waals surface area contributed by atoms with E-state index in [0.29, 0.717) is 43.0 Å². The maximum absolute atomic E-state index is 15.3. The van der Waals surface area contributed by atoms with E-state index >= 15 is 9.59 Å². The summed E-state index contributed by atoms with van der Waals surface area (Å²) in [5.74, 6) is -1.31. The third-order valence-corrected chi connectivity index (χ3v) is 12.8. The Kier molecular flexibility index (Phi) is 10.3. The van der Waals surface area contributed by atoms with Gasteiger partial charge in [-0.2, -0.15) is 0 Å². The molecular formula is C43H45N3O5S. The highest BCUT2D eigenvalue weighted by atomic mass is 32.2. The SMILES string of the molecule is C=CCN(C(=O)C1N([C@@H](CO)Cc2ccccc2)C(=O)[C@@H]2[C@H](C(=O)N(CC=C)c3ccc(OCC)cc3)[C@@H]3CCC12S3)c1ccc2ccccc2c1. The van der Waals surface area contributed by atoms with Gasteiger partial charge in [0.05, 0.1) is 35.8 Å². The van der Waals surface area contributed by atoms with Crippen LogP contribution < -0.4 is 14.5 Å². The molecule has 0 saturated carbocycles. The summed E-state index contributed by atoms with van der Waals surface area (Å²) in [6.45, 7) is 10.5. The molecule has 0 radical (unpaired) electrons. The van der Waals surface area contributed by atoms with Crippen LogP contribution in [0, 0.1) is 11.8 Å². The lowest BCUT2D eigenvalue weighted by molar-refractivity contribution is -0.141. The smallest absolute Gasteiger partial charge is 0.251 e. The molecule has 2 unspecified atom stereocenters. The Labute approximate surface area is 309 Å². The van der Waals surface area contributed by atoms with E-state index in [0.717, 1.165) is 16.3 Å². The van der Waals surface area contributed by atoms with E-state index in [1.807, 2.05) is 104 Å². The van der Waals surface area contributed by atoms with Crippen molar-refractivity contribution in [1.82, 2.24) is 4.90 Å². The number of benzene rings is 4. The number of amides is 3. The van der Waals surface area contributed by atoms with Crippen molar-refractivity contribution in [3.05, 3.63) is 128 Å². The number of nitrogens with zero attached hydrogens (tertiary/aromatic N) is 3. The number of ether oxygens (including phenoxy) is 1. The molecule has 6 atom stereocenters. The van der Waals surface area contributed by atoms with Crippen LogP contribution in [0.1, 0.15) is 25.3 Å². The zero-order chi connectivity index (χ0) is 36.4. The molecule has 3 aliphatic heterocycles. The summed E-state index contributed by atoms with van der Waals surface area (Å²) >= 11 is 1.63. The molecule has 4 aromatic rings. The van der Waals surface area contributed by atoms with E-state index in [9.17, 15) is 9.90 Å². The van der Waals surface area contributed by atoms with E-state index < -0.39 is 28.7 Å². The maximum Gasteiger partial charge on any atom is 0.251 e. The van der Waals surface area contributed by atoms with Gasteiger partial charge in [0, 0.05) is 29.7 Å². The number of hydrogen-bond donors (Lipinski definition) is 1. The highest BCUT2D eigenvalue weighted by Crippen LogP contribution is 2.67. The third-order valence-electron chi connectivity index (χ3n) is 10.8. The Balaban J connectivity index is 1.31. The van der Waals surface area contributed by atoms with Gasteiger partial charge in [-0.1, -0.05) is 72.8 Å². The average molecular weight is 716 g/mol. The van der Waals surface area contributed by atoms with E-state index in [-0.39, 0.29) is 42.7 Å². The average Bonchev–Trinajstić information content (AvgIpc) is 3.82. The summed E-state index contributed by atoms with van der Waals surface area (Å²) in [6.07, 6.45) is 5.08. The molecule has 0 aliphatic carbocycles. The topological polar surface area (TPSA) is 90.4 Å². The molecule has 3 saturated heterocycles. The van der Waals surface area contributed by atoms with Crippen molar-refractivity contribution in [3.8, 4) is 5.75 Å². The number of likely N-dealkylation sites (tertiary alicyclic amines) is 1. The number of anilines is 2. The van der Waals surface area contributed by atoms with Gasteiger partial charge in [0.1, 0.15) is 11.8 Å². The first-order valence-corrected chi connectivity index (χ1v) is 18.9. The predicted octanol–water partition coefficient (Wildman–Crippen LogP) is 6.67. The van der Waals surface area contributed by atoms with Gasteiger partial charge >= 0.3 is 0 Å². The van der Waals surface area contributed by atoms with Crippen LogP contribution in [0.5, 0.6) is 5.75 Å². The van der Waals surface area contributed by atoms with Crippen molar-refractivity contribution < 1.29 is 24.2 Å². The lowest BCUT2D eigenvalue weighted by Crippen LogP contribution is -2.58. The lowest BCUT2D eigenvalue weighted by atomic mass is 9.70. The molecule has 9 heteroatoms. The molecule has 0 aromatic heterocycles. The molecule has 7 rings (SSSR count). The molecule has 8 nitrogen and oxygen atoms in total. The molecule has 3 fully saturated rings. The molecule has 3 aliphatic rings. The van der Waals surface area contributed by atoms with E-state index in [1.54, 1.807) is 38.6 Å². The highest BCUT2D eigenvalue weighted by Gasteiger charge is 2.74. The number of aliphatic hydroxyl groups excluding tert-OH is 1. The Hall–Kier alpha value is -4.86. The fourth-order valence-corrected chi connectivity index (χ4v) is 10.8. The second-order valence-electron chi connectivity index (χ2n) is 13.8. The zero-order valence-corrected chi connectivity index (χ0v) is 30.3. The molecule has 52 heavy (non-hydrogen) atoms. The van der Waals surface area contributed by atoms with Crippen LogP contribution in [0.3, 0.4) is 0 Å². The lowest BCUT2D eigenvalue weighted by Gasteiger charge is -2.39. The van der Waals surface area contributed by atoms with Gasteiger partial charge in [0.25, 0.3) is 5.91 Å². The number of carbonyl (C=O) groups excluding carboxylic acids is 3. The molecule has 4 aromatic carbocycles. The summed E-state index contributed by atoms with van der Waals surface area (Å²) in [5.41, 5.74) is 2.35. The van der Waals surface area contributed by atoms with Crippen LogP contribution in [0.15, 0.2) is 122 Å². The summed E-state index contributed by atoms with van der Waals surface area (Å²) in [6, 6.07) is 29.5. The fourth-order valence-electron chi connectivity index (χ4n) is 8.65. The number of hydrogen-bond acceptors (Lipinski definition) is 6. The fraction of sp³-hybridized carbons (Fsp3) is 0.326. The van der Waals surface area contributed by atoms with E-state index in [1.165, 1.54) is 0 Å². The second kappa shape index (κ2) is 15.0. The minimum Gasteiger partial charge on any atom is -0.494 e. The Morgan fingerprint density at radius 3 is 2.25 bits per heavy atom. The number of carbonyl (C=O) groups is 3. The van der Waals surface area contributed by atoms with Crippen LogP contribution in [0.2, 0.25) is 0 Å². The molecule has 3 heterocycles. The number of fused-ring (bicyclic) bond motifs is 2. The van der Waals surface area contributed by atoms with Gasteiger partial charge in [-0.25, -0.2) is 0 Å². The summed E-state index contributed by atoms with van der Waals surface area (Å²) in [5, 5.41) is 12.9. The third kappa shape index (κ3) is 6.20. The molecule has 3 amide bonds. The second-order valence-corrected chi connectivity index (χ2v) is 15.4. The van der Waals surface area contributed by atoms with Gasteiger partial charge in [-0.3, -0.25) is 14.4 Å². The van der Waals surface area contributed by atoms with E-state index in [2.05, 4.69) is 13.2 Å². The summed E-state index contributed by atoms with van der Waals surface area (Å²) in [4.78, 5) is 50.3. The Morgan fingerprint density at radius 1 is 0.923 bits per heavy atom.